The summed E-state index contributed by atoms with van der Waals surface area (Å²) in [5.74, 6) is 0.425. The first-order valence-corrected chi connectivity index (χ1v) is 7.99. The van der Waals surface area contributed by atoms with E-state index in [9.17, 15) is 9.59 Å². The Morgan fingerprint density at radius 1 is 1.32 bits per heavy atom. The largest absolute Gasteiger partial charge is 0.296 e. The molecule has 0 unspecified atom stereocenters. The van der Waals surface area contributed by atoms with Gasteiger partial charge in [-0.25, -0.2) is 10.4 Å². The van der Waals surface area contributed by atoms with Crippen LogP contribution in [0.2, 0.25) is 0 Å². The van der Waals surface area contributed by atoms with E-state index in [4.69, 9.17) is 0 Å². The molecule has 0 spiro atoms. The summed E-state index contributed by atoms with van der Waals surface area (Å²) in [7, 11) is 0. The maximum Gasteiger partial charge on any atom is 0.271 e. The summed E-state index contributed by atoms with van der Waals surface area (Å²) >= 11 is 0. The van der Waals surface area contributed by atoms with E-state index in [2.05, 4.69) is 20.5 Å². The fraction of sp³-hybridized carbons (Fsp3) is 0.167. The minimum atomic E-state index is -0.357. The highest BCUT2D eigenvalue weighted by atomic mass is 16.2. The van der Waals surface area contributed by atoms with Gasteiger partial charge in [0.05, 0.1) is 17.1 Å². The van der Waals surface area contributed by atoms with Gasteiger partial charge < -0.3 is 0 Å². The van der Waals surface area contributed by atoms with E-state index in [1.807, 2.05) is 6.07 Å². The average molecular weight is 333 g/mol. The summed E-state index contributed by atoms with van der Waals surface area (Å²) in [6, 6.07) is 8.51. The Balaban J connectivity index is 1.59. The van der Waals surface area contributed by atoms with Crippen LogP contribution in [0.15, 0.2) is 52.6 Å². The molecule has 1 amide bonds. The van der Waals surface area contributed by atoms with Crippen molar-refractivity contribution in [3.8, 4) is 0 Å². The quantitative estimate of drug-likeness (QED) is 0.581. The maximum absolute atomic E-state index is 12.4. The van der Waals surface area contributed by atoms with Crippen LogP contribution >= 0.6 is 0 Å². The zero-order valence-corrected chi connectivity index (χ0v) is 13.3. The summed E-state index contributed by atoms with van der Waals surface area (Å²) in [6.07, 6.45) is 6.54. The van der Waals surface area contributed by atoms with Crippen LogP contribution in [-0.4, -0.2) is 26.7 Å². The Bertz CT molecular complexity index is 1040. The third-order valence-electron chi connectivity index (χ3n) is 4.14. The molecule has 2 aromatic heterocycles. The lowest BCUT2D eigenvalue weighted by atomic mass is 10.1. The molecule has 0 aliphatic carbocycles. The van der Waals surface area contributed by atoms with Crippen LogP contribution < -0.4 is 11.0 Å². The SMILES string of the molecule is O=C(N/N=C\c1cccnc1)c1ccc2c(=O)n3c(nc2c1)CCC3. The molecule has 1 aromatic carbocycles. The predicted octanol–water partition coefficient (Wildman–Crippen LogP) is 1.50. The molecule has 124 valence electrons. The second kappa shape index (κ2) is 6.27. The van der Waals surface area contributed by atoms with E-state index < -0.39 is 0 Å². The number of carbonyl (C=O) groups excluding carboxylic acids is 1. The van der Waals surface area contributed by atoms with Gasteiger partial charge in [0.2, 0.25) is 0 Å². The molecular formula is C18H15N5O2. The van der Waals surface area contributed by atoms with Gasteiger partial charge in [0, 0.05) is 36.5 Å². The predicted molar refractivity (Wildman–Crippen MR) is 93.6 cm³/mol. The molecular weight excluding hydrogens is 318 g/mol. The van der Waals surface area contributed by atoms with E-state index in [0.717, 1.165) is 24.2 Å². The number of carbonyl (C=O) groups is 1. The molecule has 4 rings (SSSR count). The van der Waals surface area contributed by atoms with Crippen LogP contribution in [0.25, 0.3) is 10.9 Å². The third-order valence-corrected chi connectivity index (χ3v) is 4.14. The molecule has 3 heterocycles. The summed E-state index contributed by atoms with van der Waals surface area (Å²) in [5.41, 5.74) is 4.16. The van der Waals surface area contributed by atoms with E-state index in [1.54, 1.807) is 41.2 Å². The van der Waals surface area contributed by atoms with Crippen molar-refractivity contribution >= 4 is 23.0 Å². The molecule has 0 saturated heterocycles. The smallest absolute Gasteiger partial charge is 0.271 e. The molecule has 0 atom stereocenters. The Morgan fingerprint density at radius 3 is 3.08 bits per heavy atom. The van der Waals surface area contributed by atoms with Crippen molar-refractivity contribution in [1.82, 2.24) is 20.0 Å². The van der Waals surface area contributed by atoms with Crippen LogP contribution in [0.3, 0.4) is 0 Å². The number of nitrogens with one attached hydrogen (secondary N) is 1. The fourth-order valence-corrected chi connectivity index (χ4v) is 2.91. The molecule has 1 aliphatic heterocycles. The van der Waals surface area contributed by atoms with Crippen molar-refractivity contribution in [3.63, 3.8) is 0 Å². The number of pyridine rings is 1. The topological polar surface area (TPSA) is 89.2 Å². The van der Waals surface area contributed by atoms with E-state index >= 15 is 0 Å². The minimum Gasteiger partial charge on any atom is -0.296 e. The first kappa shape index (κ1) is 15.2. The normalized spacial score (nSPS) is 13.3. The second-order valence-electron chi connectivity index (χ2n) is 5.81. The van der Waals surface area contributed by atoms with E-state index in [-0.39, 0.29) is 11.5 Å². The first-order valence-electron chi connectivity index (χ1n) is 7.99. The van der Waals surface area contributed by atoms with Crippen LogP contribution in [0, 0.1) is 0 Å². The average Bonchev–Trinajstić information content (AvgIpc) is 3.11. The molecule has 7 nitrogen and oxygen atoms in total. The Kier molecular flexibility index (Phi) is 3.81. The van der Waals surface area contributed by atoms with Crippen LogP contribution in [0.5, 0.6) is 0 Å². The third kappa shape index (κ3) is 2.91. The number of amides is 1. The summed E-state index contributed by atoms with van der Waals surface area (Å²) < 4.78 is 1.71. The van der Waals surface area contributed by atoms with Crippen LogP contribution in [-0.2, 0) is 13.0 Å². The maximum atomic E-state index is 12.4. The van der Waals surface area contributed by atoms with Gasteiger partial charge in [-0.3, -0.25) is 19.1 Å². The Morgan fingerprint density at radius 2 is 2.24 bits per heavy atom. The van der Waals surface area contributed by atoms with Crippen molar-refractivity contribution < 1.29 is 4.79 Å². The number of aromatic nitrogens is 3. The molecule has 3 aromatic rings. The standard InChI is InChI=1S/C18H15N5O2/c24-17(22-20-11-12-3-1-7-19-10-12)13-5-6-14-15(9-13)21-16-4-2-8-23(16)18(14)25/h1,3,5-7,9-11H,2,4,8H2,(H,22,24)/b20-11-. The number of hydrazone groups is 1. The number of hydrogen-bond donors (Lipinski definition) is 1. The number of nitrogens with zero attached hydrogens (tertiary/aromatic N) is 4. The van der Waals surface area contributed by atoms with Crippen molar-refractivity contribution in [3.05, 3.63) is 70.0 Å². The van der Waals surface area contributed by atoms with Crippen molar-refractivity contribution in [2.75, 3.05) is 0 Å². The molecule has 0 fully saturated rings. The Labute approximate surface area is 143 Å². The van der Waals surface area contributed by atoms with Gasteiger partial charge in [-0.15, -0.1) is 0 Å². The van der Waals surface area contributed by atoms with Gasteiger partial charge in [0.25, 0.3) is 11.5 Å². The lowest BCUT2D eigenvalue weighted by Crippen LogP contribution is -2.22. The molecule has 0 radical (unpaired) electrons. The van der Waals surface area contributed by atoms with Crippen molar-refractivity contribution in [1.29, 1.82) is 0 Å². The van der Waals surface area contributed by atoms with Crippen molar-refractivity contribution in [2.24, 2.45) is 5.10 Å². The van der Waals surface area contributed by atoms with E-state index in [0.29, 0.717) is 23.0 Å². The Hall–Kier alpha value is -3.35. The molecule has 1 aliphatic rings. The van der Waals surface area contributed by atoms with Gasteiger partial charge in [-0.05, 0) is 30.7 Å². The molecule has 0 bridgehead atoms. The summed E-state index contributed by atoms with van der Waals surface area (Å²) in [5, 5.41) is 4.45. The molecule has 0 saturated carbocycles. The zero-order valence-electron chi connectivity index (χ0n) is 13.3. The summed E-state index contributed by atoms with van der Waals surface area (Å²) in [4.78, 5) is 33.2. The number of benzene rings is 1. The highest BCUT2D eigenvalue weighted by Gasteiger charge is 2.16. The van der Waals surface area contributed by atoms with Crippen LogP contribution in [0.4, 0.5) is 0 Å². The van der Waals surface area contributed by atoms with Gasteiger partial charge in [-0.2, -0.15) is 5.10 Å². The molecule has 7 heteroatoms. The number of hydrogen-bond acceptors (Lipinski definition) is 5. The fourth-order valence-electron chi connectivity index (χ4n) is 2.91. The van der Waals surface area contributed by atoms with Gasteiger partial charge in [0.15, 0.2) is 0 Å². The second-order valence-corrected chi connectivity index (χ2v) is 5.81. The highest BCUT2D eigenvalue weighted by molar-refractivity contribution is 5.98. The van der Waals surface area contributed by atoms with Gasteiger partial charge >= 0.3 is 0 Å². The zero-order chi connectivity index (χ0) is 17.2. The first-order chi connectivity index (χ1) is 12.2. The monoisotopic (exact) mass is 333 g/mol. The van der Waals surface area contributed by atoms with Gasteiger partial charge in [-0.1, -0.05) is 6.07 Å². The lowest BCUT2D eigenvalue weighted by molar-refractivity contribution is 0.0955. The molecule has 25 heavy (non-hydrogen) atoms. The number of aryl methyl sites for hydroxylation is 1. The lowest BCUT2D eigenvalue weighted by Gasteiger charge is -2.06. The number of rotatable bonds is 3. The minimum absolute atomic E-state index is 0.0425. The number of fused-ring (bicyclic) bond motifs is 2. The highest BCUT2D eigenvalue weighted by Crippen LogP contribution is 2.16. The summed E-state index contributed by atoms with van der Waals surface area (Å²) in [6.45, 7) is 0.711. The van der Waals surface area contributed by atoms with Crippen LogP contribution in [0.1, 0.15) is 28.2 Å². The molecule has 1 N–H and O–H groups in total. The van der Waals surface area contributed by atoms with E-state index in [1.165, 1.54) is 6.21 Å². The van der Waals surface area contributed by atoms with Gasteiger partial charge in [0.1, 0.15) is 5.82 Å². The van der Waals surface area contributed by atoms with Crippen molar-refractivity contribution in [2.45, 2.75) is 19.4 Å².